The van der Waals surface area contributed by atoms with Crippen LogP contribution in [0, 0.1) is 13.8 Å². The van der Waals surface area contributed by atoms with Gasteiger partial charge in [0.25, 0.3) is 5.91 Å². The van der Waals surface area contributed by atoms with Crippen LogP contribution in [0.2, 0.25) is 0 Å². The monoisotopic (exact) mass is 274 g/mol. The summed E-state index contributed by atoms with van der Waals surface area (Å²) >= 11 is 0. The first-order chi connectivity index (χ1) is 9.54. The Balaban J connectivity index is 2.27. The zero-order chi connectivity index (χ0) is 14.7. The molecule has 1 aliphatic heterocycles. The summed E-state index contributed by atoms with van der Waals surface area (Å²) in [4.78, 5) is 14.9. The second-order valence-corrected chi connectivity index (χ2v) is 5.96. The first kappa shape index (κ1) is 14.9. The zero-order valence-electron chi connectivity index (χ0n) is 12.9. The minimum absolute atomic E-state index is 0.160. The van der Waals surface area contributed by atoms with Crippen molar-refractivity contribution in [3.8, 4) is 0 Å². The van der Waals surface area contributed by atoms with E-state index in [-0.39, 0.29) is 5.91 Å². The van der Waals surface area contributed by atoms with Gasteiger partial charge >= 0.3 is 0 Å². The van der Waals surface area contributed by atoms with Crippen molar-refractivity contribution < 1.29 is 4.79 Å². The van der Waals surface area contributed by atoms with Gasteiger partial charge in [-0.05, 0) is 56.7 Å². The van der Waals surface area contributed by atoms with Crippen LogP contribution in [0.1, 0.15) is 60.5 Å². The first-order valence-corrected chi connectivity index (χ1v) is 7.72. The lowest BCUT2D eigenvalue weighted by Gasteiger charge is -2.36. The fraction of sp³-hybridized carbons (Fsp3) is 0.588. The topological polar surface area (TPSA) is 46.3 Å². The Morgan fingerprint density at radius 2 is 2.05 bits per heavy atom. The lowest BCUT2D eigenvalue weighted by Crippen LogP contribution is -2.43. The SMILES string of the molecule is CCCC1CCCCN1C(=O)c1cc(N)c(C)cc1C. The third kappa shape index (κ3) is 2.97. The van der Waals surface area contributed by atoms with Gasteiger partial charge in [0.15, 0.2) is 0 Å². The second-order valence-electron chi connectivity index (χ2n) is 5.96. The van der Waals surface area contributed by atoms with Crippen molar-refractivity contribution in [1.82, 2.24) is 4.90 Å². The van der Waals surface area contributed by atoms with E-state index in [9.17, 15) is 4.79 Å². The molecule has 1 heterocycles. The number of amides is 1. The Hall–Kier alpha value is -1.51. The second kappa shape index (κ2) is 6.29. The molecule has 2 rings (SSSR count). The highest BCUT2D eigenvalue weighted by atomic mass is 16.2. The third-order valence-electron chi connectivity index (χ3n) is 4.35. The third-order valence-corrected chi connectivity index (χ3v) is 4.35. The van der Waals surface area contributed by atoms with Gasteiger partial charge in [-0.3, -0.25) is 4.79 Å². The molecular formula is C17H26N2O. The predicted molar refractivity (Wildman–Crippen MR) is 83.9 cm³/mol. The number of nitrogens with two attached hydrogens (primary N) is 1. The molecule has 0 radical (unpaired) electrons. The van der Waals surface area contributed by atoms with Gasteiger partial charge in [-0.1, -0.05) is 19.4 Å². The summed E-state index contributed by atoms with van der Waals surface area (Å²) in [5, 5.41) is 0. The van der Waals surface area contributed by atoms with Crippen LogP contribution in [0.5, 0.6) is 0 Å². The maximum atomic E-state index is 12.8. The molecule has 3 heteroatoms. The summed E-state index contributed by atoms with van der Waals surface area (Å²) < 4.78 is 0. The van der Waals surface area contributed by atoms with Gasteiger partial charge in [0.1, 0.15) is 0 Å². The van der Waals surface area contributed by atoms with Crippen LogP contribution in [0.15, 0.2) is 12.1 Å². The highest BCUT2D eigenvalue weighted by Crippen LogP contribution is 2.25. The molecule has 1 atom stereocenters. The Kier molecular flexibility index (Phi) is 4.69. The maximum Gasteiger partial charge on any atom is 0.254 e. The number of likely N-dealkylation sites (tertiary alicyclic amines) is 1. The molecule has 1 unspecified atom stereocenters. The van der Waals surface area contributed by atoms with Crippen molar-refractivity contribution in [1.29, 1.82) is 0 Å². The maximum absolute atomic E-state index is 12.8. The number of hydrogen-bond donors (Lipinski definition) is 1. The van der Waals surface area contributed by atoms with E-state index in [2.05, 4.69) is 11.8 Å². The molecule has 1 aromatic carbocycles. The van der Waals surface area contributed by atoms with Crippen LogP contribution in [0.25, 0.3) is 0 Å². The molecule has 0 aromatic heterocycles. The van der Waals surface area contributed by atoms with Crippen LogP contribution in [-0.2, 0) is 0 Å². The minimum Gasteiger partial charge on any atom is -0.398 e. The molecule has 0 spiro atoms. The van der Waals surface area contributed by atoms with E-state index in [0.29, 0.717) is 11.7 Å². The average molecular weight is 274 g/mol. The van der Waals surface area contributed by atoms with Gasteiger partial charge in [-0.15, -0.1) is 0 Å². The highest BCUT2D eigenvalue weighted by Gasteiger charge is 2.27. The smallest absolute Gasteiger partial charge is 0.254 e. The Labute approximate surface area is 122 Å². The van der Waals surface area contributed by atoms with E-state index < -0.39 is 0 Å². The van der Waals surface area contributed by atoms with E-state index in [4.69, 9.17) is 5.73 Å². The molecule has 1 aliphatic rings. The van der Waals surface area contributed by atoms with Crippen molar-refractivity contribution in [3.05, 3.63) is 28.8 Å². The Bertz CT molecular complexity index is 494. The minimum atomic E-state index is 0.160. The van der Waals surface area contributed by atoms with Gasteiger partial charge in [-0.25, -0.2) is 0 Å². The van der Waals surface area contributed by atoms with E-state index in [0.717, 1.165) is 48.9 Å². The molecule has 110 valence electrons. The average Bonchev–Trinajstić information content (AvgIpc) is 2.43. The van der Waals surface area contributed by atoms with Crippen molar-refractivity contribution in [2.45, 2.75) is 58.9 Å². The number of aryl methyl sites for hydroxylation is 2. The quantitative estimate of drug-likeness (QED) is 0.855. The van der Waals surface area contributed by atoms with Crippen LogP contribution < -0.4 is 5.73 Å². The predicted octanol–water partition coefficient (Wildman–Crippen LogP) is 3.68. The number of hydrogen-bond acceptors (Lipinski definition) is 2. The highest BCUT2D eigenvalue weighted by molar-refractivity contribution is 5.97. The number of carbonyl (C=O) groups excluding carboxylic acids is 1. The van der Waals surface area contributed by atoms with Gasteiger partial charge in [0.05, 0.1) is 0 Å². The van der Waals surface area contributed by atoms with Gasteiger partial charge in [0, 0.05) is 23.8 Å². The number of nitrogen functional groups attached to an aromatic ring is 1. The van der Waals surface area contributed by atoms with Gasteiger partial charge in [-0.2, -0.15) is 0 Å². The molecule has 1 saturated heterocycles. The molecule has 1 fully saturated rings. The summed E-state index contributed by atoms with van der Waals surface area (Å²) in [7, 11) is 0. The molecule has 1 amide bonds. The molecule has 2 N–H and O–H groups in total. The number of piperidine rings is 1. The lowest BCUT2D eigenvalue weighted by molar-refractivity contribution is 0.0600. The fourth-order valence-corrected chi connectivity index (χ4v) is 3.16. The van der Waals surface area contributed by atoms with Crippen LogP contribution in [0.3, 0.4) is 0 Å². The molecule has 0 aliphatic carbocycles. The zero-order valence-corrected chi connectivity index (χ0v) is 12.9. The van der Waals surface area contributed by atoms with Crippen molar-refractivity contribution in [2.24, 2.45) is 0 Å². The van der Waals surface area contributed by atoms with Gasteiger partial charge < -0.3 is 10.6 Å². The Morgan fingerprint density at radius 3 is 2.75 bits per heavy atom. The number of anilines is 1. The van der Waals surface area contributed by atoms with E-state index in [1.165, 1.54) is 6.42 Å². The van der Waals surface area contributed by atoms with E-state index >= 15 is 0 Å². The molecule has 3 nitrogen and oxygen atoms in total. The summed E-state index contributed by atoms with van der Waals surface area (Å²) in [6.07, 6.45) is 5.73. The van der Waals surface area contributed by atoms with Gasteiger partial charge in [0.2, 0.25) is 0 Å². The van der Waals surface area contributed by atoms with E-state index in [1.807, 2.05) is 26.0 Å². The van der Waals surface area contributed by atoms with Crippen LogP contribution in [0.4, 0.5) is 5.69 Å². The molecule has 0 bridgehead atoms. The van der Waals surface area contributed by atoms with Crippen molar-refractivity contribution in [3.63, 3.8) is 0 Å². The largest absolute Gasteiger partial charge is 0.398 e. The molecule has 0 saturated carbocycles. The molecular weight excluding hydrogens is 248 g/mol. The summed E-state index contributed by atoms with van der Waals surface area (Å²) in [5.74, 6) is 0.160. The van der Waals surface area contributed by atoms with Crippen molar-refractivity contribution in [2.75, 3.05) is 12.3 Å². The molecule has 20 heavy (non-hydrogen) atoms. The normalized spacial score (nSPS) is 19.1. The first-order valence-electron chi connectivity index (χ1n) is 7.72. The van der Waals surface area contributed by atoms with Crippen molar-refractivity contribution >= 4 is 11.6 Å². The van der Waals surface area contributed by atoms with E-state index in [1.54, 1.807) is 0 Å². The number of benzene rings is 1. The van der Waals surface area contributed by atoms with Crippen LogP contribution >= 0.6 is 0 Å². The summed E-state index contributed by atoms with van der Waals surface area (Å²) in [6, 6.07) is 4.27. The summed E-state index contributed by atoms with van der Waals surface area (Å²) in [6.45, 7) is 7.05. The molecule has 1 aromatic rings. The Morgan fingerprint density at radius 1 is 1.30 bits per heavy atom. The number of nitrogens with zero attached hydrogens (tertiary/aromatic N) is 1. The standard InChI is InChI=1S/C17H26N2O/c1-4-7-14-8-5-6-9-19(14)17(20)15-11-16(18)13(3)10-12(15)2/h10-11,14H,4-9,18H2,1-3H3. The fourth-order valence-electron chi connectivity index (χ4n) is 3.16. The summed E-state index contributed by atoms with van der Waals surface area (Å²) in [5.41, 5.74) is 9.54. The number of rotatable bonds is 3. The number of carbonyl (C=O) groups is 1. The lowest BCUT2D eigenvalue weighted by atomic mass is 9.95. The van der Waals surface area contributed by atoms with Crippen LogP contribution in [-0.4, -0.2) is 23.4 Å².